The van der Waals surface area contributed by atoms with Crippen LogP contribution in [0.1, 0.15) is 22.3 Å². The molecule has 0 amide bonds. The highest BCUT2D eigenvalue weighted by atomic mass is 16.5. The van der Waals surface area contributed by atoms with Gasteiger partial charge in [-0.25, -0.2) is 15.0 Å². The van der Waals surface area contributed by atoms with E-state index < -0.39 is 5.41 Å². The van der Waals surface area contributed by atoms with Crippen molar-refractivity contribution in [1.29, 1.82) is 0 Å². The van der Waals surface area contributed by atoms with Gasteiger partial charge in [-0.05, 0) is 86.0 Å². The largest absolute Gasteiger partial charge is 0.457 e. The molecule has 1 aliphatic heterocycles. The lowest BCUT2D eigenvalue weighted by Gasteiger charge is -2.39. The molecule has 0 radical (unpaired) electrons. The molecule has 0 unspecified atom stereocenters. The van der Waals surface area contributed by atoms with Crippen LogP contribution in [0, 0.1) is 0 Å². The van der Waals surface area contributed by atoms with E-state index in [0.29, 0.717) is 17.5 Å². The average molecular weight is 792 g/mol. The van der Waals surface area contributed by atoms with Crippen molar-refractivity contribution in [3.8, 4) is 90.2 Å². The highest BCUT2D eigenvalue weighted by Crippen LogP contribution is 2.62. The Hall–Kier alpha value is -8.21. The van der Waals surface area contributed by atoms with Crippen molar-refractivity contribution >= 4 is 0 Å². The summed E-state index contributed by atoms with van der Waals surface area (Å²) >= 11 is 0. The number of hydrogen-bond donors (Lipinski definition) is 0. The van der Waals surface area contributed by atoms with Gasteiger partial charge in [0.2, 0.25) is 0 Å². The first-order chi connectivity index (χ1) is 30.7. The maximum absolute atomic E-state index is 6.58. The average Bonchev–Trinajstić information content (AvgIpc) is 3.64. The number of aromatic nitrogens is 3. The summed E-state index contributed by atoms with van der Waals surface area (Å²) < 4.78 is 6.58. The molecule has 0 bridgehead atoms. The number of ether oxygens (including phenoxy) is 1. The van der Waals surface area contributed by atoms with Crippen LogP contribution in [0.3, 0.4) is 0 Å². The van der Waals surface area contributed by atoms with Gasteiger partial charge < -0.3 is 4.74 Å². The van der Waals surface area contributed by atoms with E-state index in [0.717, 1.165) is 67.1 Å². The van der Waals surface area contributed by atoms with Gasteiger partial charge in [-0.2, -0.15) is 0 Å². The van der Waals surface area contributed by atoms with E-state index in [1.54, 1.807) is 0 Å². The van der Waals surface area contributed by atoms with Gasteiger partial charge >= 0.3 is 0 Å². The topological polar surface area (TPSA) is 47.9 Å². The van der Waals surface area contributed by atoms with Crippen LogP contribution in [0.2, 0.25) is 0 Å². The summed E-state index contributed by atoms with van der Waals surface area (Å²) in [5.41, 5.74) is 16.4. The fourth-order valence-electron chi connectivity index (χ4n) is 9.54. The lowest BCUT2D eigenvalue weighted by Crippen LogP contribution is -2.32. The molecule has 4 heteroatoms. The van der Waals surface area contributed by atoms with Gasteiger partial charge in [0.15, 0.2) is 17.5 Å². The molecular weight excluding hydrogens is 755 g/mol. The molecule has 0 saturated carbocycles. The summed E-state index contributed by atoms with van der Waals surface area (Å²) in [6.45, 7) is 0. The van der Waals surface area contributed by atoms with E-state index in [4.69, 9.17) is 19.7 Å². The Morgan fingerprint density at radius 3 is 1.27 bits per heavy atom. The molecule has 1 aliphatic carbocycles. The minimum absolute atomic E-state index is 0.523. The molecule has 1 spiro atoms. The van der Waals surface area contributed by atoms with E-state index in [-0.39, 0.29) is 0 Å². The summed E-state index contributed by atoms with van der Waals surface area (Å²) in [5.74, 6) is 3.68. The lowest BCUT2D eigenvalue weighted by molar-refractivity contribution is 0.436. The Morgan fingerprint density at radius 1 is 0.258 bits per heavy atom. The molecule has 0 saturated heterocycles. The molecule has 0 N–H and O–H groups in total. The van der Waals surface area contributed by atoms with Crippen molar-refractivity contribution in [3.63, 3.8) is 0 Å². The standard InChI is InChI=1S/C58H37N3O/c1-3-15-38(16-4-1)39-29-31-41(32-30-39)56-59-55(40-17-5-2-6-18-40)60-57(61-56)46-22-14-21-44(36-46)42-19-13-20-43(35-42)45-33-34-48-47-23-7-8-24-49(47)58(52(48)37-45)50-25-9-11-27-53(50)62-54-28-12-10-26-51(54)58/h1-37H. The number of fused-ring (bicyclic) bond motifs is 9. The SMILES string of the molecule is c1ccc(-c2ccc(-c3nc(-c4ccccc4)nc(-c4cccc(-c5cccc(-c6ccc7c(c6)C6(c8ccccc8Oc8ccccc86)c6ccccc6-7)c5)c4)n3)cc2)cc1. The van der Waals surface area contributed by atoms with Crippen LogP contribution in [0.4, 0.5) is 0 Å². The quantitative estimate of drug-likeness (QED) is 0.168. The van der Waals surface area contributed by atoms with Crippen molar-refractivity contribution in [3.05, 3.63) is 247 Å². The summed E-state index contributed by atoms with van der Waals surface area (Å²) in [7, 11) is 0. The Morgan fingerprint density at radius 2 is 0.645 bits per heavy atom. The fourth-order valence-corrected chi connectivity index (χ4v) is 9.54. The highest BCUT2D eigenvalue weighted by Gasteiger charge is 2.51. The Bertz CT molecular complexity index is 3280. The third-order valence-electron chi connectivity index (χ3n) is 12.4. The maximum Gasteiger partial charge on any atom is 0.164 e. The van der Waals surface area contributed by atoms with E-state index in [9.17, 15) is 0 Å². The minimum atomic E-state index is -0.523. The first kappa shape index (κ1) is 35.7. The van der Waals surface area contributed by atoms with Crippen LogP contribution >= 0.6 is 0 Å². The molecule has 1 aromatic heterocycles. The number of para-hydroxylation sites is 2. The summed E-state index contributed by atoms with van der Waals surface area (Å²) in [6.07, 6.45) is 0. The molecule has 290 valence electrons. The third-order valence-corrected chi connectivity index (χ3v) is 12.4. The summed E-state index contributed by atoms with van der Waals surface area (Å²) in [6, 6.07) is 79.2. The van der Waals surface area contributed by atoms with Crippen molar-refractivity contribution in [1.82, 2.24) is 15.0 Å². The van der Waals surface area contributed by atoms with Gasteiger partial charge in [0.05, 0.1) is 5.41 Å². The van der Waals surface area contributed by atoms with Crippen molar-refractivity contribution < 1.29 is 4.74 Å². The number of nitrogens with zero attached hydrogens (tertiary/aromatic N) is 3. The molecule has 10 aromatic rings. The maximum atomic E-state index is 6.58. The molecule has 12 rings (SSSR count). The molecule has 2 aliphatic rings. The van der Waals surface area contributed by atoms with Crippen molar-refractivity contribution in [2.24, 2.45) is 0 Å². The van der Waals surface area contributed by atoms with E-state index in [1.807, 2.05) is 36.4 Å². The lowest BCUT2D eigenvalue weighted by atomic mass is 9.66. The molecule has 9 aromatic carbocycles. The number of hydrogen-bond acceptors (Lipinski definition) is 4. The summed E-state index contributed by atoms with van der Waals surface area (Å²) in [4.78, 5) is 15.1. The van der Waals surface area contributed by atoms with Gasteiger partial charge in [-0.3, -0.25) is 0 Å². The second-order valence-electron chi connectivity index (χ2n) is 15.9. The molecule has 0 atom stereocenters. The number of rotatable bonds is 6. The van der Waals surface area contributed by atoms with Crippen LogP contribution in [0.5, 0.6) is 11.5 Å². The predicted octanol–water partition coefficient (Wildman–Crippen LogP) is 14.3. The molecular formula is C58H37N3O. The first-order valence-corrected chi connectivity index (χ1v) is 21.0. The van der Waals surface area contributed by atoms with Gasteiger partial charge in [-0.15, -0.1) is 0 Å². The van der Waals surface area contributed by atoms with Crippen LogP contribution in [0.15, 0.2) is 224 Å². The van der Waals surface area contributed by atoms with Gasteiger partial charge in [0.1, 0.15) is 11.5 Å². The van der Waals surface area contributed by atoms with Gasteiger partial charge in [-0.1, -0.05) is 194 Å². The van der Waals surface area contributed by atoms with Crippen LogP contribution < -0.4 is 4.74 Å². The highest BCUT2D eigenvalue weighted by molar-refractivity contribution is 5.90. The van der Waals surface area contributed by atoms with Crippen molar-refractivity contribution in [2.45, 2.75) is 5.41 Å². The predicted molar refractivity (Wildman–Crippen MR) is 250 cm³/mol. The molecule has 2 heterocycles. The third kappa shape index (κ3) is 5.80. The van der Waals surface area contributed by atoms with Gasteiger partial charge in [0.25, 0.3) is 0 Å². The fraction of sp³-hybridized carbons (Fsp3) is 0.0172. The zero-order valence-corrected chi connectivity index (χ0v) is 33.6. The Kier molecular flexibility index (Phi) is 8.36. The summed E-state index contributed by atoms with van der Waals surface area (Å²) in [5, 5.41) is 0. The second kappa shape index (κ2) is 14.5. The van der Waals surface area contributed by atoms with Crippen LogP contribution in [-0.2, 0) is 5.41 Å². The second-order valence-corrected chi connectivity index (χ2v) is 15.9. The number of benzene rings is 9. The zero-order chi connectivity index (χ0) is 41.0. The molecule has 0 fully saturated rings. The van der Waals surface area contributed by atoms with E-state index >= 15 is 0 Å². The monoisotopic (exact) mass is 791 g/mol. The van der Waals surface area contributed by atoms with Crippen molar-refractivity contribution in [2.75, 3.05) is 0 Å². The Balaban J connectivity index is 0.946. The molecule has 4 nitrogen and oxygen atoms in total. The zero-order valence-electron chi connectivity index (χ0n) is 33.6. The van der Waals surface area contributed by atoms with Crippen LogP contribution in [0.25, 0.3) is 78.7 Å². The normalized spacial score (nSPS) is 12.8. The van der Waals surface area contributed by atoms with Crippen LogP contribution in [-0.4, -0.2) is 15.0 Å². The minimum Gasteiger partial charge on any atom is -0.457 e. The van der Waals surface area contributed by atoms with E-state index in [2.05, 4.69) is 188 Å². The van der Waals surface area contributed by atoms with Gasteiger partial charge in [0, 0.05) is 27.8 Å². The molecule has 62 heavy (non-hydrogen) atoms. The smallest absolute Gasteiger partial charge is 0.164 e. The Labute approximate surface area is 360 Å². The first-order valence-electron chi connectivity index (χ1n) is 21.0. The van der Waals surface area contributed by atoms with E-state index in [1.165, 1.54) is 27.8 Å².